The highest BCUT2D eigenvalue weighted by Gasteiger charge is 2.33. The van der Waals surface area contributed by atoms with Crippen LogP contribution < -0.4 is 10.2 Å². The number of rotatable bonds is 4. The number of hydrogen-bond acceptors (Lipinski definition) is 6. The quantitative estimate of drug-likeness (QED) is 0.608. The van der Waals surface area contributed by atoms with Crippen LogP contribution in [0.2, 0.25) is 0 Å². The molecular weight excluding hydrogens is 392 g/mol. The summed E-state index contributed by atoms with van der Waals surface area (Å²) in [6.07, 6.45) is 0.730. The summed E-state index contributed by atoms with van der Waals surface area (Å²) >= 11 is 0. The molecule has 0 bridgehead atoms. The summed E-state index contributed by atoms with van der Waals surface area (Å²) in [7, 11) is -3.58. The van der Waals surface area contributed by atoms with Crippen LogP contribution in [0.4, 0.5) is 17.1 Å². The Morgan fingerprint density at radius 2 is 1.76 bits per heavy atom. The van der Waals surface area contributed by atoms with Crippen LogP contribution in [0.15, 0.2) is 35.2 Å². The first kappa shape index (κ1) is 19.7. The molecule has 1 fully saturated rings. The number of piperazine rings is 1. The second-order valence-corrected chi connectivity index (χ2v) is 9.47. The predicted molar refractivity (Wildman–Crippen MR) is 112 cm³/mol. The van der Waals surface area contributed by atoms with Crippen molar-refractivity contribution in [2.75, 3.05) is 42.9 Å². The third kappa shape index (κ3) is 3.44. The van der Waals surface area contributed by atoms with Crippen molar-refractivity contribution >= 4 is 27.1 Å². The smallest absolute Gasteiger partial charge is 0.292 e. The molecule has 0 saturated carbocycles. The summed E-state index contributed by atoms with van der Waals surface area (Å²) in [5.74, 6) is 0. The summed E-state index contributed by atoms with van der Waals surface area (Å²) in [5.41, 5.74) is 4.57. The number of hydrogen-bond donors (Lipinski definition) is 1. The second-order valence-electron chi connectivity index (χ2n) is 7.53. The molecule has 154 valence electrons. The molecule has 2 aliphatic rings. The van der Waals surface area contributed by atoms with Crippen LogP contribution in [0, 0.1) is 24.0 Å². The van der Waals surface area contributed by atoms with E-state index < -0.39 is 10.0 Å². The van der Waals surface area contributed by atoms with E-state index in [9.17, 15) is 18.5 Å². The number of nitro groups is 1. The maximum Gasteiger partial charge on any atom is 0.292 e. The molecule has 1 saturated heterocycles. The average Bonchev–Trinajstić information content (AvgIpc) is 3.18. The van der Waals surface area contributed by atoms with Crippen molar-refractivity contribution in [3.63, 3.8) is 0 Å². The van der Waals surface area contributed by atoms with Gasteiger partial charge in [0.1, 0.15) is 5.69 Å². The van der Waals surface area contributed by atoms with Crippen LogP contribution in [0.25, 0.3) is 0 Å². The van der Waals surface area contributed by atoms with Crippen LogP contribution in [0.3, 0.4) is 0 Å². The zero-order valence-corrected chi connectivity index (χ0v) is 17.3. The maximum absolute atomic E-state index is 13.0. The molecule has 2 aromatic rings. The molecule has 0 radical (unpaired) electrons. The molecule has 8 nitrogen and oxygen atoms in total. The fourth-order valence-corrected chi connectivity index (χ4v) is 5.55. The lowest BCUT2D eigenvalue weighted by Crippen LogP contribution is -2.49. The Morgan fingerprint density at radius 1 is 1.03 bits per heavy atom. The van der Waals surface area contributed by atoms with Gasteiger partial charge in [-0.25, -0.2) is 8.42 Å². The third-order valence-electron chi connectivity index (χ3n) is 5.82. The third-order valence-corrected chi connectivity index (χ3v) is 7.71. The number of nitro benzene ring substituents is 1. The molecule has 2 heterocycles. The molecule has 0 aliphatic carbocycles. The van der Waals surface area contributed by atoms with E-state index >= 15 is 0 Å². The number of fused-ring (bicyclic) bond motifs is 1. The van der Waals surface area contributed by atoms with E-state index in [0.29, 0.717) is 36.8 Å². The van der Waals surface area contributed by atoms with Crippen molar-refractivity contribution < 1.29 is 13.3 Å². The van der Waals surface area contributed by atoms with Crippen molar-refractivity contribution in [1.29, 1.82) is 0 Å². The normalized spacial score (nSPS) is 17.1. The Hall–Kier alpha value is -2.65. The molecular formula is C20H24N4O4S. The van der Waals surface area contributed by atoms with E-state index in [4.69, 9.17) is 0 Å². The summed E-state index contributed by atoms with van der Waals surface area (Å²) in [6, 6.07) is 8.46. The van der Waals surface area contributed by atoms with E-state index in [0.717, 1.165) is 35.3 Å². The van der Waals surface area contributed by atoms with Crippen LogP contribution in [-0.2, 0) is 16.4 Å². The summed E-state index contributed by atoms with van der Waals surface area (Å²) in [5, 5.41) is 14.8. The molecule has 2 aromatic carbocycles. The second kappa shape index (κ2) is 7.31. The van der Waals surface area contributed by atoms with Crippen LogP contribution in [-0.4, -0.2) is 50.4 Å². The highest BCUT2D eigenvalue weighted by molar-refractivity contribution is 7.89. The van der Waals surface area contributed by atoms with Crippen LogP contribution in [0.5, 0.6) is 0 Å². The molecule has 4 rings (SSSR count). The number of aryl methyl sites for hydroxylation is 2. The van der Waals surface area contributed by atoms with Gasteiger partial charge in [-0.1, -0.05) is 6.07 Å². The first-order chi connectivity index (χ1) is 13.8. The van der Waals surface area contributed by atoms with Gasteiger partial charge >= 0.3 is 0 Å². The molecule has 0 unspecified atom stereocenters. The molecule has 2 aliphatic heterocycles. The van der Waals surface area contributed by atoms with E-state index in [1.54, 1.807) is 18.2 Å². The Morgan fingerprint density at radius 3 is 2.41 bits per heavy atom. The molecule has 9 heteroatoms. The SMILES string of the molecule is Cc1ccc(S(=O)(=O)N2CCN(c3c([N+](=O)[O-])ccc4c3CCN4)CC2)cc1C. The predicted octanol–water partition coefficient (Wildman–Crippen LogP) is 2.69. The molecule has 0 aromatic heterocycles. The van der Waals surface area contributed by atoms with E-state index in [-0.39, 0.29) is 10.6 Å². The minimum atomic E-state index is -3.58. The van der Waals surface area contributed by atoms with Crippen LogP contribution >= 0.6 is 0 Å². The minimum absolute atomic E-state index is 0.0814. The number of sulfonamides is 1. The zero-order chi connectivity index (χ0) is 20.8. The van der Waals surface area contributed by atoms with Gasteiger partial charge in [-0.3, -0.25) is 10.1 Å². The number of nitrogens with zero attached hydrogens (tertiary/aromatic N) is 3. The van der Waals surface area contributed by atoms with Gasteiger partial charge < -0.3 is 10.2 Å². The Balaban J connectivity index is 1.58. The molecule has 1 N–H and O–H groups in total. The fourth-order valence-electron chi connectivity index (χ4n) is 4.04. The lowest BCUT2D eigenvalue weighted by atomic mass is 10.1. The van der Waals surface area contributed by atoms with E-state index in [1.165, 1.54) is 10.4 Å². The monoisotopic (exact) mass is 416 g/mol. The van der Waals surface area contributed by atoms with Gasteiger partial charge in [-0.15, -0.1) is 0 Å². The number of nitrogens with one attached hydrogen (secondary N) is 1. The molecule has 0 spiro atoms. The first-order valence-electron chi connectivity index (χ1n) is 9.65. The highest BCUT2D eigenvalue weighted by Crippen LogP contribution is 2.40. The summed E-state index contributed by atoms with van der Waals surface area (Å²) < 4.78 is 27.6. The lowest BCUT2D eigenvalue weighted by molar-refractivity contribution is -0.384. The van der Waals surface area contributed by atoms with Gasteiger partial charge in [-0.05, 0) is 49.6 Å². The van der Waals surface area contributed by atoms with Gasteiger partial charge in [-0.2, -0.15) is 4.31 Å². The van der Waals surface area contributed by atoms with Crippen LogP contribution in [0.1, 0.15) is 16.7 Å². The Bertz CT molecular complexity index is 1080. The van der Waals surface area contributed by atoms with Crippen molar-refractivity contribution in [2.45, 2.75) is 25.2 Å². The average molecular weight is 417 g/mol. The van der Waals surface area contributed by atoms with Gasteiger partial charge in [0, 0.05) is 50.0 Å². The van der Waals surface area contributed by atoms with Crippen molar-refractivity contribution in [1.82, 2.24) is 4.31 Å². The zero-order valence-electron chi connectivity index (χ0n) is 16.5. The number of anilines is 2. The topological polar surface area (TPSA) is 95.8 Å². The lowest BCUT2D eigenvalue weighted by Gasteiger charge is -2.36. The number of benzene rings is 2. The largest absolute Gasteiger partial charge is 0.384 e. The minimum Gasteiger partial charge on any atom is -0.384 e. The Kier molecular flexibility index (Phi) is 4.95. The molecule has 0 atom stereocenters. The maximum atomic E-state index is 13.0. The van der Waals surface area contributed by atoms with Crippen molar-refractivity contribution in [3.05, 3.63) is 57.1 Å². The van der Waals surface area contributed by atoms with Gasteiger partial charge in [0.2, 0.25) is 10.0 Å². The highest BCUT2D eigenvalue weighted by atomic mass is 32.2. The van der Waals surface area contributed by atoms with Crippen molar-refractivity contribution in [3.8, 4) is 0 Å². The van der Waals surface area contributed by atoms with Gasteiger partial charge in [0.15, 0.2) is 0 Å². The van der Waals surface area contributed by atoms with E-state index in [1.807, 2.05) is 24.8 Å². The summed E-state index contributed by atoms with van der Waals surface area (Å²) in [4.78, 5) is 13.5. The Labute approximate surface area is 170 Å². The van der Waals surface area contributed by atoms with Crippen molar-refractivity contribution in [2.24, 2.45) is 0 Å². The standard InChI is InChI=1S/C20H24N4O4S/c1-14-3-4-16(13-15(14)2)29(27,28)23-11-9-22(10-12-23)20-17-7-8-21-18(17)5-6-19(20)24(25)26/h3-6,13,21H,7-12H2,1-2H3. The summed E-state index contributed by atoms with van der Waals surface area (Å²) in [6.45, 7) is 6.03. The molecule has 29 heavy (non-hydrogen) atoms. The van der Waals surface area contributed by atoms with Gasteiger partial charge in [0.25, 0.3) is 5.69 Å². The van der Waals surface area contributed by atoms with E-state index in [2.05, 4.69) is 5.32 Å². The first-order valence-corrected chi connectivity index (χ1v) is 11.1. The van der Waals surface area contributed by atoms with Gasteiger partial charge in [0.05, 0.1) is 9.82 Å². The molecule has 0 amide bonds. The fraction of sp³-hybridized carbons (Fsp3) is 0.400.